The molecule has 0 aliphatic rings. The van der Waals surface area contributed by atoms with E-state index < -0.39 is 28.9 Å². The minimum atomic E-state index is -0.984. The molecule has 0 fully saturated rings. The lowest BCUT2D eigenvalue weighted by Crippen LogP contribution is -2.42. The molecule has 3 N–H and O–H groups in total. The summed E-state index contributed by atoms with van der Waals surface area (Å²) in [7, 11) is 0.476. The van der Waals surface area contributed by atoms with Gasteiger partial charge < -0.3 is 20.5 Å². The van der Waals surface area contributed by atoms with E-state index in [9.17, 15) is 13.8 Å². The number of urea groups is 1. The fourth-order valence-corrected chi connectivity index (χ4v) is 1.74. The zero-order valence-electron chi connectivity index (χ0n) is 10.6. The maximum Gasteiger partial charge on any atom is 0.314 e. The van der Waals surface area contributed by atoms with Crippen molar-refractivity contribution in [3.8, 4) is 0 Å². The van der Waals surface area contributed by atoms with Gasteiger partial charge in [0, 0.05) is 42.5 Å². The van der Waals surface area contributed by atoms with Gasteiger partial charge in [-0.1, -0.05) is 6.92 Å². The minimum Gasteiger partial charge on any atom is -0.481 e. The number of carboxylic acid groups (broad SMARTS) is 1. The minimum absolute atomic E-state index is 0.117. The highest BCUT2D eigenvalue weighted by Gasteiger charge is 2.13. The number of rotatable bonds is 9. The van der Waals surface area contributed by atoms with Gasteiger partial charge in [0.1, 0.15) is 0 Å². The lowest BCUT2D eigenvalue weighted by Gasteiger charge is -2.14. The molecule has 0 aromatic carbocycles. The Kier molecular flexibility index (Phi) is 9.21. The number of hydrogen-bond acceptors (Lipinski definition) is 4. The number of carbonyl (C=O) groups is 2. The van der Waals surface area contributed by atoms with E-state index in [4.69, 9.17) is 9.84 Å². The fraction of sp³-hybridized carbons (Fsp3) is 0.800. The summed E-state index contributed by atoms with van der Waals surface area (Å²) in [5, 5.41) is 13.6. The van der Waals surface area contributed by atoms with Gasteiger partial charge in [-0.05, 0) is 0 Å². The van der Waals surface area contributed by atoms with Crippen LogP contribution in [0.2, 0.25) is 0 Å². The molecule has 2 unspecified atom stereocenters. The van der Waals surface area contributed by atoms with Crippen molar-refractivity contribution in [3.05, 3.63) is 0 Å². The number of carbonyl (C=O) groups excluding carboxylic acids is 1. The first-order chi connectivity index (χ1) is 8.49. The Morgan fingerprint density at radius 1 is 1.39 bits per heavy atom. The standard InChI is InChI=1S/C10H20N2O5S/c1-3-18(16)5-4-11-10(15)12-7-8(17-2)6-9(13)14/h8H,3-7H2,1-2H3,(H,13,14)(H2,11,12,15). The molecule has 0 rings (SSSR count). The maximum atomic E-state index is 11.3. The van der Waals surface area contributed by atoms with E-state index in [2.05, 4.69) is 10.6 Å². The number of nitrogens with one attached hydrogen (secondary N) is 2. The Bertz CT molecular complexity index is 298. The molecule has 0 aliphatic heterocycles. The van der Waals surface area contributed by atoms with Crippen molar-refractivity contribution in [1.82, 2.24) is 10.6 Å². The van der Waals surface area contributed by atoms with E-state index >= 15 is 0 Å². The fourth-order valence-electron chi connectivity index (χ4n) is 1.13. The molecule has 0 spiro atoms. The topological polar surface area (TPSA) is 105 Å². The van der Waals surface area contributed by atoms with Crippen molar-refractivity contribution in [2.45, 2.75) is 19.4 Å². The summed E-state index contributed by atoms with van der Waals surface area (Å²) in [4.78, 5) is 21.7. The summed E-state index contributed by atoms with van der Waals surface area (Å²) in [6.45, 7) is 2.25. The van der Waals surface area contributed by atoms with Gasteiger partial charge in [-0.3, -0.25) is 9.00 Å². The highest BCUT2D eigenvalue weighted by molar-refractivity contribution is 7.84. The summed E-state index contributed by atoms with van der Waals surface area (Å²) in [6, 6.07) is -0.421. The monoisotopic (exact) mass is 280 g/mol. The summed E-state index contributed by atoms with van der Waals surface area (Å²) >= 11 is 0. The van der Waals surface area contributed by atoms with E-state index in [1.54, 1.807) is 0 Å². The van der Waals surface area contributed by atoms with Crippen molar-refractivity contribution < 1.29 is 23.6 Å². The van der Waals surface area contributed by atoms with Gasteiger partial charge in [0.2, 0.25) is 0 Å². The number of hydrogen-bond donors (Lipinski definition) is 3. The highest BCUT2D eigenvalue weighted by Crippen LogP contribution is 1.95. The van der Waals surface area contributed by atoms with Crippen molar-refractivity contribution in [2.75, 3.05) is 31.7 Å². The van der Waals surface area contributed by atoms with Crippen molar-refractivity contribution in [3.63, 3.8) is 0 Å². The number of methoxy groups -OCH3 is 1. The summed E-state index contributed by atoms with van der Waals surface area (Å²) in [5.41, 5.74) is 0. The lowest BCUT2D eigenvalue weighted by molar-refractivity contribution is -0.139. The first-order valence-corrected chi connectivity index (χ1v) is 7.09. The van der Waals surface area contributed by atoms with Crippen molar-refractivity contribution in [1.29, 1.82) is 0 Å². The molecule has 2 amide bonds. The molecule has 0 aliphatic carbocycles. The lowest BCUT2D eigenvalue weighted by atomic mass is 10.2. The van der Waals surface area contributed by atoms with Crippen LogP contribution in [0.4, 0.5) is 4.79 Å². The molecule has 0 aromatic heterocycles. The molecule has 0 saturated carbocycles. The molecule has 0 aromatic rings. The third-order valence-electron chi connectivity index (χ3n) is 2.16. The molecule has 0 bridgehead atoms. The molecule has 0 heterocycles. The SMILES string of the molecule is CCS(=O)CCNC(=O)NCC(CC(=O)O)OC. The molecule has 18 heavy (non-hydrogen) atoms. The molecular weight excluding hydrogens is 260 g/mol. The quantitative estimate of drug-likeness (QED) is 0.530. The number of ether oxygens (including phenoxy) is 1. The van der Waals surface area contributed by atoms with Crippen molar-refractivity contribution in [2.24, 2.45) is 0 Å². The van der Waals surface area contributed by atoms with Crippen LogP contribution in [0.1, 0.15) is 13.3 Å². The average Bonchev–Trinajstić information content (AvgIpc) is 2.33. The first kappa shape index (κ1) is 16.9. The van der Waals surface area contributed by atoms with E-state index in [-0.39, 0.29) is 13.0 Å². The zero-order chi connectivity index (χ0) is 14.0. The third kappa shape index (κ3) is 8.94. The second kappa shape index (κ2) is 9.84. The van der Waals surface area contributed by atoms with E-state index in [0.717, 1.165) is 0 Å². The second-order valence-corrected chi connectivity index (χ2v) is 5.39. The van der Waals surface area contributed by atoms with E-state index in [1.165, 1.54) is 7.11 Å². The number of aliphatic carboxylic acids is 1. The van der Waals surface area contributed by atoms with Crippen LogP contribution < -0.4 is 10.6 Å². The predicted molar refractivity (Wildman–Crippen MR) is 68.0 cm³/mol. The maximum absolute atomic E-state index is 11.3. The summed E-state index contributed by atoms with van der Waals surface area (Å²) < 4.78 is 16.0. The Morgan fingerprint density at radius 2 is 2.06 bits per heavy atom. The van der Waals surface area contributed by atoms with Crippen LogP contribution in [-0.4, -0.2) is 59.1 Å². The van der Waals surface area contributed by atoms with Crippen molar-refractivity contribution >= 4 is 22.8 Å². The largest absolute Gasteiger partial charge is 0.481 e. The molecule has 0 saturated heterocycles. The summed E-state index contributed by atoms with van der Waals surface area (Å²) in [5.74, 6) is -0.0113. The first-order valence-electron chi connectivity index (χ1n) is 5.60. The van der Waals surface area contributed by atoms with E-state index in [1.807, 2.05) is 6.92 Å². The van der Waals surface area contributed by atoms with Gasteiger partial charge in [0.25, 0.3) is 0 Å². The van der Waals surface area contributed by atoms with Crippen LogP contribution in [0.25, 0.3) is 0 Å². The third-order valence-corrected chi connectivity index (χ3v) is 3.47. The second-order valence-electron chi connectivity index (χ2n) is 3.53. The van der Waals surface area contributed by atoms with Gasteiger partial charge in [-0.2, -0.15) is 0 Å². The van der Waals surface area contributed by atoms with Gasteiger partial charge in [-0.25, -0.2) is 4.79 Å². The van der Waals surface area contributed by atoms with Gasteiger partial charge >= 0.3 is 12.0 Å². The Hall–Kier alpha value is -1.15. The Morgan fingerprint density at radius 3 is 2.56 bits per heavy atom. The average molecular weight is 280 g/mol. The normalized spacial score (nSPS) is 13.7. The van der Waals surface area contributed by atoms with Crippen LogP contribution >= 0.6 is 0 Å². The molecular formula is C10H20N2O5S. The van der Waals surface area contributed by atoms with Crippen LogP contribution in [0.5, 0.6) is 0 Å². The molecule has 8 heteroatoms. The Balaban J connectivity index is 3.74. The molecule has 106 valence electrons. The molecule has 0 radical (unpaired) electrons. The van der Waals surface area contributed by atoms with Crippen LogP contribution in [0.15, 0.2) is 0 Å². The van der Waals surface area contributed by atoms with Crippen LogP contribution in [0.3, 0.4) is 0 Å². The number of carboxylic acids is 1. The van der Waals surface area contributed by atoms with Gasteiger partial charge in [-0.15, -0.1) is 0 Å². The Labute approximate surface area is 109 Å². The van der Waals surface area contributed by atoms with Crippen LogP contribution in [0, 0.1) is 0 Å². The molecule has 2 atom stereocenters. The zero-order valence-corrected chi connectivity index (χ0v) is 11.4. The molecule has 7 nitrogen and oxygen atoms in total. The van der Waals surface area contributed by atoms with Gasteiger partial charge in [0.05, 0.1) is 12.5 Å². The predicted octanol–water partition coefficient (Wildman–Crippen LogP) is -0.456. The number of amides is 2. The smallest absolute Gasteiger partial charge is 0.314 e. The van der Waals surface area contributed by atoms with Gasteiger partial charge in [0.15, 0.2) is 0 Å². The van der Waals surface area contributed by atoms with E-state index in [0.29, 0.717) is 18.1 Å². The summed E-state index contributed by atoms with van der Waals surface area (Å²) in [6.07, 6.45) is -0.727. The van der Waals surface area contributed by atoms with Crippen LogP contribution in [-0.2, 0) is 20.3 Å². The highest BCUT2D eigenvalue weighted by atomic mass is 32.2.